The lowest BCUT2D eigenvalue weighted by molar-refractivity contribution is 0.227. The van der Waals surface area contributed by atoms with Gasteiger partial charge in [-0.3, -0.25) is 4.99 Å². The molecule has 7 nitrogen and oxygen atoms in total. The predicted molar refractivity (Wildman–Crippen MR) is 134 cm³/mol. The van der Waals surface area contributed by atoms with Gasteiger partial charge in [-0.1, -0.05) is 6.42 Å². The van der Waals surface area contributed by atoms with Gasteiger partial charge in [-0.2, -0.15) is 0 Å². The van der Waals surface area contributed by atoms with Gasteiger partial charge in [-0.25, -0.2) is 0 Å². The summed E-state index contributed by atoms with van der Waals surface area (Å²) in [4.78, 5) is 14.5. The summed E-state index contributed by atoms with van der Waals surface area (Å²) >= 11 is 0. The average molecular weight is 441 g/mol. The maximum Gasteiger partial charge on any atom is 0.121 e. The van der Waals surface area contributed by atoms with E-state index in [0.29, 0.717) is 13.3 Å². The number of benzene rings is 1. The molecule has 3 rings (SSSR count). The molecule has 0 bridgehead atoms. The normalized spacial score (nSPS) is 14.6. The highest BCUT2D eigenvalue weighted by molar-refractivity contribution is 5.71. The van der Waals surface area contributed by atoms with Gasteiger partial charge >= 0.3 is 0 Å². The number of aliphatic imine (C=N–C) groups is 1. The molecule has 0 saturated carbocycles. The van der Waals surface area contributed by atoms with Crippen molar-refractivity contribution in [3.63, 3.8) is 0 Å². The van der Waals surface area contributed by atoms with Crippen molar-refractivity contribution in [2.45, 2.75) is 38.6 Å². The van der Waals surface area contributed by atoms with E-state index in [0.717, 1.165) is 56.1 Å². The first-order chi connectivity index (χ1) is 15.7. The topological polar surface area (TPSA) is 73.1 Å². The monoisotopic (exact) mass is 440 g/mol. The summed E-state index contributed by atoms with van der Waals surface area (Å²) in [5.41, 5.74) is 9.19. The Morgan fingerprint density at radius 2 is 2.00 bits per heavy atom. The van der Waals surface area contributed by atoms with Crippen LogP contribution >= 0.6 is 0 Å². The van der Waals surface area contributed by atoms with Gasteiger partial charge in [0.05, 0.1) is 24.7 Å². The summed E-state index contributed by atoms with van der Waals surface area (Å²) in [7, 11) is 2.13. The van der Waals surface area contributed by atoms with Gasteiger partial charge in [0.15, 0.2) is 0 Å². The molecule has 176 valence electrons. The van der Waals surface area contributed by atoms with Gasteiger partial charge in [0, 0.05) is 37.6 Å². The SMILES string of the molecule is C=Nc1ccc(OCCCN(C)Cc2ccc[nH]2)cc1N(CN)CCCN1CCCCC1. The molecular weight excluding hydrogens is 400 g/mol. The summed E-state index contributed by atoms with van der Waals surface area (Å²) in [6, 6.07) is 10.1. The number of rotatable bonds is 14. The lowest BCUT2D eigenvalue weighted by Gasteiger charge is -2.29. The van der Waals surface area contributed by atoms with E-state index >= 15 is 0 Å². The molecule has 1 aliphatic rings. The molecule has 3 N–H and O–H groups in total. The molecule has 1 aromatic heterocycles. The first-order valence-electron chi connectivity index (χ1n) is 11.9. The molecule has 0 atom stereocenters. The van der Waals surface area contributed by atoms with Gasteiger partial charge in [0.1, 0.15) is 5.75 Å². The molecule has 32 heavy (non-hydrogen) atoms. The van der Waals surface area contributed by atoms with Crippen molar-refractivity contribution in [1.29, 1.82) is 0 Å². The van der Waals surface area contributed by atoms with Gasteiger partial charge in [-0.05, 0) is 83.3 Å². The first-order valence-corrected chi connectivity index (χ1v) is 11.9. The third-order valence-corrected chi connectivity index (χ3v) is 6.08. The lowest BCUT2D eigenvalue weighted by atomic mass is 10.1. The zero-order chi connectivity index (χ0) is 22.6. The van der Waals surface area contributed by atoms with Crippen LogP contribution in [0.1, 0.15) is 37.8 Å². The van der Waals surface area contributed by atoms with Gasteiger partial charge in [0.25, 0.3) is 0 Å². The zero-order valence-corrected chi connectivity index (χ0v) is 19.6. The third kappa shape index (κ3) is 7.65. The summed E-state index contributed by atoms with van der Waals surface area (Å²) in [6.45, 7) is 11.2. The van der Waals surface area contributed by atoms with Crippen molar-refractivity contribution >= 4 is 18.1 Å². The highest BCUT2D eigenvalue weighted by Crippen LogP contribution is 2.32. The Bertz CT molecular complexity index is 788. The number of nitrogens with one attached hydrogen (secondary N) is 1. The van der Waals surface area contributed by atoms with E-state index in [1.807, 2.05) is 24.4 Å². The number of likely N-dealkylation sites (tertiary alicyclic amines) is 1. The molecule has 1 fully saturated rings. The number of aromatic nitrogens is 1. The molecule has 0 aliphatic carbocycles. The number of hydrogen-bond acceptors (Lipinski definition) is 6. The van der Waals surface area contributed by atoms with Crippen LogP contribution in [0.3, 0.4) is 0 Å². The second-order valence-electron chi connectivity index (χ2n) is 8.65. The molecule has 0 amide bonds. The first kappa shape index (κ1) is 24.3. The van der Waals surface area contributed by atoms with Gasteiger partial charge < -0.3 is 30.2 Å². The fraction of sp³-hybridized carbons (Fsp3) is 0.560. The number of piperidine rings is 1. The van der Waals surface area contributed by atoms with Crippen LogP contribution in [0, 0.1) is 0 Å². The molecule has 0 spiro atoms. The minimum Gasteiger partial charge on any atom is -0.493 e. The van der Waals surface area contributed by atoms with Crippen LogP contribution < -0.4 is 15.4 Å². The summed E-state index contributed by atoms with van der Waals surface area (Å²) < 4.78 is 6.05. The Balaban J connectivity index is 1.47. The Morgan fingerprint density at radius 3 is 2.72 bits per heavy atom. The second-order valence-corrected chi connectivity index (χ2v) is 8.65. The van der Waals surface area contributed by atoms with Gasteiger partial charge in [0.2, 0.25) is 0 Å². The van der Waals surface area contributed by atoms with Crippen molar-refractivity contribution in [2.24, 2.45) is 10.7 Å². The maximum absolute atomic E-state index is 6.11. The minimum atomic E-state index is 0.454. The Hall–Kier alpha value is -2.35. The van der Waals surface area contributed by atoms with Crippen LogP contribution in [0.15, 0.2) is 41.5 Å². The standard InChI is InChI=1S/C25H40N6O/c1-27-24-11-10-23(32-18-8-13-29(2)20-22-9-6-12-28-22)19-25(24)31(21-26)17-7-16-30-14-4-3-5-15-30/h6,9-12,19,28H,1,3-5,7-8,13-18,20-21,26H2,2H3. The van der Waals surface area contributed by atoms with Crippen LogP contribution in [0.25, 0.3) is 0 Å². The second kappa shape index (κ2) is 13.3. The number of ether oxygens (including phenoxy) is 1. The number of nitrogens with two attached hydrogens (primary N) is 1. The van der Waals surface area contributed by atoms with Crippen molar-refractivity contribution < 1.29 is 4.74 Å². The fourth-order valence-electron chi connectivity index (χ4n) is 4.32. The van der Waals surface area contributed by atoms with Crippen molar-refractivity contribution in [2.75, 3.05) is 57.9 Å². The van der Waals surface area contributed by atoms with Crippen molar-refractivity contribution in [3.05, 3.63) is 42.2 Å². The molecule has 1 saturated heterocycles. The van der Waals surface area contributed by atoms with Crippen LogP contribution in [-0.2, 0) is 6.54 Å². The number of anilines is 1. The molecule has 1 aromatic carbocycles. The number of aromatic amines is 1. The minimum absolute atomic E-state index is 0.454. The van der Waals surface area contributed by atoms with E-state index in [9.17, 15) is 0 Å². The average Bonchev–Trinajstić information content (AvgIpc) is 3.33. The Morgan fingerprint density at radius 1 is 1.16 bits per heavy atom. The van der Waals surface area contributed by atoms with Gasteiger partial charge in [-0.15, -0.1) is 0 Å². The van der Waals surface area contributed by atoms with Crippen LogP contribution in [0.5, 0.6) is 5.75 Å². The van der Waals surface area contributed by atoms with Crippen molar-refractivity contribution in [1.82, 2.24) is 14.8 Å². The van der Waals surface area contributed by atoms with E-state index in [4.69, 9.17) is 10.5 Å². The van der Waals surface area contributed by atoms with E-state index in [1.165, 1.54) is 38.0 Å². The quantitative estimate of drug-likeness (QED) is 0.265. The molecule has 1 aliphatic heterocycles. The number of H-pyrrole nitrogens is 1. The van der Waals surface area contributed by atoms with E-state index in [-0.39, 0.29) is 0 Å². The third-order valence-electron chi connectivity index (χ3n) is 6.08. The molecule has 0 radical (unpaired) electrons. The Kier molecular flexibility index (Phi) is 10.1. The predicted octanol–water partition coefficient (Wildman–Crippen LogP) is 3.85. The van der Waals surface area contributed by atoms with E-state index in [1.54, 1.807) is 0 Å². The lowest BCUT2D eigenvalue weighted by Crippen LogP contribution is -2.35. The molecule has 2 aromatic rings. The number of nitrogens with zero attached hydrogens (tertiary/aromatic N) is 4. The highest BCUT2D eigenvalue weighted by Gasteiger charge is 2.14. The molecule has 7 heteroatoms. The summed E-state index contributed by atoms with van der Waals surface area (Å²) in [5, 5.41) is 0. The summed E-state index contributed by atoms with van der Waals surface area (Å²) in [6.07, 6.45) is 8.04. The number of hydrogen-bond donors (Lipinski definition) is 2. The largest absolute Gasteiger partial charge is 0.493 e. The maximum atomic E-state index is 6.11. The Labute approximate surface area is 193 Å². The van der Waals surface area contributed by atoms with Crippen LogP contribution in [0.2, 0.25) is 0 Å². The zero-order valence-electron chi connectivity index (χ0n) is 19.6. The van der Waals surface area contributed by atoms with E-state index in [2.05, 4.69) is 50.6 Å². The van der Waals surface area contributed by atoms with Crippen molar-refractivity contribution in [3.8, 4) is 5.75 Å². The van der Waals surface area contributed by atoms with E-state index < -0.39 is 0 Å². The molecular formula is C25H40N6O. The van der Waals surface area contributed by atoms with Crippen LogP contribution in [-0.4, -0.2) is 74.5 Å². The fourth-order valence-corrected chi connectivity index (χ4v) is 4.32. The molecule has 0 unspecified atom stereocenters. The summed E-state index contributed by atoms with van der Waals surface area (Å²) in [5.74, 6) is 0.855. The molecule has 2 heterocycles. The van der Waals surface area contributed by atoms with Crippen LogP contribution in [0.4, 0.5) is 11.4 Å². The smallest absolute Gasteiger partial charge is 0.121 e. The highest BCUT2D eigenvalue weighted by atomic mass is 16.5.